The number of hydrogen-bond donors (Lipinski definition) is 1. The summed E-state index contributed by atoms with van der Waals surface area (Å²) >= 11 is 0. The van der Waals surface area contributed by atoms with Crippen molar-refractivity contribution in [3.05, 3.63) is 72.5 Å². The van der Waals surface area contributed by atoms with Gasteiger partial charge in [0.2, 0.25) is 0 Å². The Morgan fingerprint density at radius 1 is 1.03 bits per heavy atom. The maximum atomic E-state index is 12.5. The molecule has 1 aromatic carbocycles. The number of hydrogen-bond acceptors (Lipinski definition) is 4. The number of aromatic nitrogens is 3. The predicted molar refractivity (Wildman–Crippen MR) is 118 cm³/mol. The van der Waals surface area contributed by atoms with Crippen molar-refractivity contribution in [2.45, 2.75) is 26.2 Å². The van der Waals surface area contributed by atoms with E-state index >= 15 is 0 Å². The lowest BCUT2D eigenvalue weighted by Crippen LogP contribution is -2.14. The first-order valence-electron chi connectivity index (χ1n) is 8.70. The Kier molecular flexibility index (Phi) is 6.72. The third kappa shape index (κ3) is 4.78. The molecule has 1 N–H and O–H groups in total. The van der Waals surface area contributed by atoms with E-state index in [2.05, 4.69) is 36.1 Å². The van der Waals surface area contributed by atoms with E-state index in [1.54, 1.807) is 12.4 Å². The molecule has 0 saturated carbocycles. The predicted octanol–water partition coefficient (Wildman–Crippen LogP) is 5.38. The molecule has 0 spiro atoms. The van der Waals surface area contributed by atoms with Crippen LogP contribution in [0.3, 0.4) is 0 Å². The normalized spacial score (nSPS) is 10.9. The monoisotopic (exact) mass is 432 g/mol. The minimum Gasteiger partial charge on any atom is -0.443 e. The van der Waals surface area contributed by atoms with Crippen LogP contribution < -0.4 is 5.32 Å². The lowest BCUT2D eigenvalue weighted by Gasteiger charge is -2.18. The van der Waals surface area contributed by atoms with E-state index in [1.807, 2.05) is 47.0 Å². The molecule has 29 heavy (non-hydrogen) atoms. The second-order valence-corrected chi connectivity index (χ2v) is 7.46. The second kappa shape index (κ2) is 8.68. The minimum atomic E-state index is -0.186. The molecule has 0 unspecified atom stereocenters. The summed E-state index contributed by atoms with van der Waals surface area (Å²) in [5.41, 5.74) is 3.46. The largest absolute Gasteiger partial charge is 0.443 e. The topological polar surface area (TPSA) is 72.4 Å². The van der Waals surface area contributed by atoms with Crippen molar-refractivity contribution >= 4 is 42.2 Å². The van der Waals surface area contributed by atoms with Crippen LogP contribution in [0.25, 0.3) is 17.0 Å². The van der Waals surface area contributed by atoms with E-state index < -0.39 is 0 Å². The first-order chi connectivity index (χ1) is 12.9. The van der Waals surface area contributed by atoms with E-state index in [9.17, 15) is 4.79 Å². The van der Waals surface area contributed by atoms with Gasteiger partial charge in [-0.2, -0.15) is 0 Å². The molecule has 0 atom stereocenters. The molecule has 4 rings (SSSR count). The number of oxazole rings is 1. The van der Waals surface area contributed by atoms with E-state index in [0.717, 1.165) is 11.2 Å². The summed E-state index contributed by atoms with van der Waals surface area (Å²) in [6.07, 6.45) is 6.71. The maximum absolute atomic E-state index is 12.5. The van der Waals surface area contributed by atoms with Crippen LogP contribution in [0.2, 0.25) is 0 Å². The number of imidazole rings is 1. The molecule has 4 aromatic rings. The van der Waals surface area contributed by atoms with Crippen LogP contribution in [0, 0.1) is 0 Å². The molecule has 0 aliphatic heterocycles. The Labute approximate surface area is 181 Å². The van der Waals surface area contributed by atoms with Gasteiger partial charge in [0.15, 0.2) is 18.0 Å². The van der Waals surface area contributed by atoms with Crippen LogP contribution in [-0.4, -0.2) is 20.3 Å². The molecule has 0 saturated heterocycles. The van der Waals surface area contributed by atoms with E-state index in [1.165, 1.54) is 12.0 Å². The Bertz CT molecular complexity index is 1100. The Hall–Kier alpha value is -2.83. The number of amides is 1. The van der Waals surface area contributed by atoms with Crippen molar-refractivity contribution < 1.29 is 9.21 Å². The molecule has 0 bridgehead atoms. The highest BCUT2D eigenvalue weighted by molar-refractivity contribution is 6.03. The summed E-state index contributed by atoms with van der Waals surface area (Å²) < 4.78 is 7.16. The zero-order chi connectivity index (χ0) is 19.0. The highest BCUT2D eigenvalue weighted by atomic mass is 35.5. The van der Waals surface area contributed by atoms with E-state index in [4.69, 9.17) is 4.42 Å². The first-order valence-corrected chi connectivity index (χ1v) is 8.70. The molecule has 8 heteroatoms. The van der Waals surface area contributed by atoms with Crippen molar-refractivity contribution in [1.29, 1.82) is 0 Å². The van der Waals surface area contributed by atoms with Crippen LogP contribution in [0.4, 0.5) is 5.82 Å². The first kappa shape index (κ1) is 22.5. The fraction of sp³-hybridized carbons (Fsp3) is 0.190. The number of rotatable bonds is 3. The number of carbonyl (C=O) groups is 1. The van der Waals surface area contributed by atoms with Gasteiger partial charge in [0.1, 0.15) is 5.65 Å². The van der Waals surface area contributed by atoms with Crippen LogP contribution in [0.5, 0.6) is 0 Å². The van der Waals surface area contributed by atoms with Crippen LogP contribution >= 0.6 is 24.8 Å². The standard InChI is InChI=1S/C21H20N4O2.2ClH/c1-21(2,3)16-7-4-14(5-8-16)20(26)24-18-12-25-11-15(6-9-19(25)23-18)17-10-22-13-27-17;;/h4-13H,1-3H3,(H,24,26);2*1H. The van der Waals surface area contributed by atoms with E-state index in [-0.39, 0.29) is 36.1 Å². The molecular weight excluding hydrogens is 411 g/mol. The number of anilines is 1. The van der Waals surface area contributed by atoms with Crippen LogP contribution in [-0.2, 0) is 5.41 Å². The molecule has 6 nitrogen and oxygen atoms in total. The Morgan fingerprint density at radius 2 is 1.76 bits per heavy atom. The maximum Gasteiger partial charge on any atom is 0.256 e. The molecule has 3 aromatic heterocycles. The van der Waals surface area contributed by atoms with Gasteiger partial charge in [-0.15, -0.1) is 24.8 Å². The Morgan fingerprint density at radius 3 is 2.38 bits per heavy atom. The highest BCUT2D eigenvalue weighted by Gasteiger charge is 2.15. The summed E-state index contributed by atoms with van der Waals surface area (Å²) in [4.78, 5) is 20.9. The minimum absolute atomic E-state index is 0. The number of benzene rings is 1. The summed E-state index contributed by atoms with van der Waals surface area (Å²) in [6, 6.07) is 11.4. The number of halogens is 2. The zero-order valence-corrected chi connectivity index (χ0v) is 17.9. The number of nitrogens with zero attached hydrogens (tertiary/aromatic N) is 3. The van der Waals surface area contributed by atoms with Crippen molar-refractivity contribution in [3.63, 3.8) is 0 Å². The molecule has 0 fully saturated rings. The van der Waals surface area contributed by atoms with Crippen molar-refractivity contribution in [1.82, 2.24) is 14.4 Å². The molecule has 1 amide bonds. The highest BCUT2D eigenvalue weighted by Crippen LogP contribution is 2.23. The molecule has 0 aliphatic rings. The third-order valence-electron chi connectivity index (χ3n) is 4.42. The van der Waals surface area contributed by atoms with Gasteiger partial charge in [-0.3, -0.25) is 4.79 Å². The summed E-state index contributed by atoms with van der Waals surface area (Å²) in [5, 5.41) is 2.85. The average Bonchev–Trinajstić information content (AvgIpc) is 3.29. The molecule has 152 valence electrons. The van der Waals surface area contributed by atoms with Gasteiger partial charge in [0.05, 0.1) is 12.4 Å². The third-order valence-corrected chi connectivity index (χ3v) is 4.42. The summed E-state index contributed by atoms with van der Waals surface area (Å²) in [6.45, 7) is 6.43. The molecule has 0 aliphatic carbocycles. The number of nitrogens with one attached hydrogen (secondary N) is 1. The number of carbonyl (C=O) groups excluding carboxylic acids is 1. The lowest BCUT2D eigenvalue weighted by molar-refractivity contribution is 0.102. The lowest BCUT2D eigenvalue weighted by atomic mass is 9.87. The SMILES string of the molecule is CC(C)(C)c1ccc(C(=O)Nc2cn3cc(-c4cnco4)ccc3n2)cc1.Cl.Cl. The van der Waals surface area contributed by atoms with Crippen molar-refractivity contribution in [2.75, 3.05) is 5.32 Å². The fourth-order valence-electron chi connectivity index (χ4n) is 2.87. The van der Waals surface area contributed by atoms with Gasteiger partial charge in [0.25, 0.3) is 5.91 Å². The van der Waals surface area contributed by atoms with Gasteiger partial charge in [0, 0.05) is 17.3 Å². The van der Waals surface area contributed by atoms with Gasteiger partial charge in [-0.1, -0.05) is 32.9 Å². The summed E-state index contributed by atoms with van der Waals surface area (Å²) in [7, 11) is 0. The Balaban J connectivity index is 0.00000150. The second-order valence-electron chi connectivity index (χ2n) is 7.46. The van der Waals surface area contributed by atoms with Gasteiger partial charge < -0.3 is 14.1 Å². The van der Waals surface area contributed by atoms with E-state index in [0.29, 0.717) is 17.1 Å². The van der Waals surface area contributed by atoms with Gasteiger partial charge >= 0.3 is 0 Å². The zero-order valence-electron chi connectivity index (χ0n) is 16.2. The number of fused-ring (bicyclic) bond motifs is 1. The molecular formula is C21H22Cl2N4O2. The van der Waals surface area contributed by atoms with Gasteiger partial charge in [-0.25, -0.2) is 9.97 Å². The average molecular weight is 433 g/mol. The summed E-state index contributed by atoms with van der Waals surface area (Å²) in [5.74, 6) is 0.985. The van der Waals surface area contributed by atoms with Crippen molar-refractivity contribution in [2.24, 2.45) is 0 Å². The van der Waals surface area contributed by atoms with Crippen molar-refractivity contribution in [3.8, 4) is 11.3 Å². The number of pyridine rings is 1. The molecule has 0 radical (unpaired) electrons. The fourth-order valence-corrected chi connectivity index (χ4v) is 2.87. The smallest absolute Gasteiger partial charge is 0.256 e. The molecule has 3 heterocycles. The van der Waals surface area contributed by atoms with Gasteiger partial charge in [-0.05, 0) is 35.2 Å². The van der Waals surface area contributed by atoms with Crippen LogP contribution in [0.15, 0.2) is 65.8 Å². The quantitative estimate of drug-likeness (QED) is 0.471. The van der Waals surface area contributed by atoms with Crippen LogP contribution in [0.1, 0.15) is 36.7 Å².